The maximum absolute atomic E-state index is 3.44. The Hall–Kier alpha value is -0.380. The van der Waals surface area contributed by atoms with Crippen LogP contribution in [0.15, 0.2) is 34.4 Å². The number of rotatable bonds is 0. The molecule has 0 saturated heterocycles. The van der Waals surface area contributed by atoms with E-state index in [-0.39, 0.29) is 0 Å². The van der Waals surface area contributed by atoms with Crippen molar-refractivity contribution in [3.8, 4) is 0 Å². The van der Waals surface area contributed by atoms with E-state index in [1.54, 1.807) is 0 Å². The second-order valence-electron chi connectivity index (χ2n) is 2.60. The first-order valence-electron chi connectivity index (χ1n) is 3.60. The molecule has 11 heavy (non-hydrogen) atoms. The molecule has 1 aliphatic carbocycles. The van der Waals surface area contributed by atoms with Crippen LogP contribution < -0.4 is 10.9 Å². The minimum absolute atomic E-state index is 0.352. The summed E-state index contributed by atoms with van der Waals surface area (Å²) in [6.45, 7) is 0.899. The van der Waals surface area contributed by atoms with Crippen LogP contribution in [0.2, 0.25) is 0 Å². The quantitative estimate of drug-likeness (QED) is 0.632. The van der Waals surface area contributed by atoms with E-state index in [0.717, 1.165) is 11.0 Å². The topological polar surface area (TPSA) is 24.1 Å². The van der Waals surface area contributed by atoms with Gasteiger partial charge in [0.05, 0.1) is 6.04 Å². The summed E-state index contributed by atoms with van der Waals surface area (Å²) in [4.78, 5) is 0. The van der Waals surface area contributed by atoms with E-state index in [1.165, 1.54) is 5.57 Å². The maximum atomic E-state index is 3.44. The van der Waals surface area contributed by atoms with Crippen molar-refractivity contribution in [2.45, 2.75) is 6.04 Å². The lowest BCUT2D eigenvalue weighted by Gasteiger charge is -2.24. The standard InChI is InChI=1S/C8H9BrN2/c9-7-1-2-8-6(5-7)3-4-10-11-8/h1-3,5,8,10-11H,4H2. The van der Waals surface area contributed by atoms with Crippen molar-refractivity contribution in [3.05, 3.63) is 34.4 Å². The van der Waals surface area contributed by atoms with E-state index in [0.29, 0.717) is 6.04 Å². The number of allylic oxidation sites excluding steroid dienone is 2. The van der Waals surface area contributed by atoms with Gasteiger partial charge in [-0.1, -0.05) is 34.2 Å². The van der Waals surface area contributed by atoms with Crippen LogP contribution >= 0.6 is 15.9 Å². The van der Waals surface area contributed by atoms with Gasteiger partial charge in [0.25, 0.3) is 0 Å². The SMILES string of the molecule is BrC1=CC2=CCNNC2C=C1. The van der Waals surface area contributed by atoms with Crippen molar-refractivity contribution in [1.82, 2.24) is 10.9 Å². The molecule has 2 nitrogen and oxygen atoms in total. The van der Waals surface area contributed by atoms with Crippen LogP contribution in [0, 0.1) is 0 Å². The molecule has 1 aliphatic heterocycles. The molecule has 2 N–H and O–H groups in total. The molecule has 2 rings (SSSR count). The fourth-order valence-corrected chi connectivity index (χ4v) is 1.67. The molecule has 0 spiro atoms. The molecule has 0 saturated carbocycles. The Morgan fingerprint density at radius 2 is 2.45 bits per heavy atom. The molecule has 3 heteroatoms. The molecule has 0 aromatic carbocycles. The maximum Gasteiger partial charge on any atom is 0.0644 e. The highest BCUT2D eigenvalue weighted by molar-refractivity contribution is 9.11. The van der Waals surface area contributed by atoms with E-state index in [1.807, 2.05) is 0 Å². The van der Waals surface area contributed by atoms with Crippen LogP contribution in [-0.2, 0) is 0 Å². The Morgan fingerprint density at radius 3 is 3.36 bits per heavy atom. The number of hydrogen-bond donors (Lipinski definition) is 2. The van der Waals surface area contributed by atoms with Crippen LogP contribution in [0.25, 0.3) is 0 Å². The summed E-state index contributed by atoms with van der Waals surface area (Å²) in [6, 6.07) is 0.352. The third-order valence-electron chi connectivity index (χ3n) is 1.81. The summed E-state index contributed by atoms with van der Waals surface area (Å²) < 4.78 is 1.14. The predicted molar refractivity (Wildman–Crippen MR) is 49.2 cm³/mol. The first-order chi connectivity index (χ1) is 5.36. The normalized spacial score (nSPS) is 29.0. The highest BCUT2D eigenvalue weighted by atomic mass is 79.9. The van der Waals surface area contributed by atoms with E-state index >= 15 is 0 Å². The number of hydrazine groups is 1. The molecule has 1 atom stereocenters. The largest absolute Gasteiger partial charge is 0.253 e. The molecule has 0 radical (unpaired) electrons. The van der Waals surface area contributed by atoms with Crippen molar-refractivity contribution >= 4 is 15.9 Å². The number of hydrogen-bond acceptors (Lipinski definition) is 2. The lowest BCUT2D eigenvalue weighted by atomic mass is 10.0. The first kappa shape index (κ1) is 7.28. The molecule has 0 fully saturated rings. The summed E-state index contributed by atoms with van der Waals surface area (Å²) >= 11 is 3.44. The third kappa shape index (κ3) is 1.45. The summed E-state index contributed by atoms with van der Waals surface area (Å²) in [7, 11) is 0. The van der Waals surface area contributed by atoms with E-state index in [9.17, 15) is 0 Å². The van der Waals surface area contributed by atoms with Crippen molar-refractivity contribution in [3.63, 3.8) is 0 Å². The van der Waals surface area contributed by atoms with E-state index < -0.39 is 0 Å². The smallest absolute Gasteiger partial charge is 0.0644 e. The molecule has 58 valence electrons. The average Bonchev–Trinajstić information content (AvgIpc) is 2.04. The Balaban J connectivity index is 2.29. The lowest BCUT2D eigenvalue weighted by molar-refractivity contribution is 0.520. The highest BCUT2D eigenvalue weighted by Crippen LogP contribution is 2.20. The fraction of sp³-hybridized carbons (Fsp3) is 0.250. The summed E-state index contributed by atoms with van der Waals surface area (Å²) in [5, 5.41) is 0. The minimum atomic E-state index is 0.352. The molecular weight excluding hydrogens is 204 g/mol. The van der Waals surface area contributed by atoms with Crippen molar-refractivity contribution in [2.24, 2.45) is 0 Å². The Bertz CT molecular complexity index is 253. The van der Waals surface area contributed by atoms with Crippen LogP contribution in [-0.4, -0.2) is 12.6 Å². The predicted octanol–water partition coefficient (Wildman–Crippen LogP) is 1.24. The van der Waals surface area contributed by atoms with Crippen molar-refractivity contribution in [2.75, 3.05) is 6.54 Å². The van der Waals surface area contributed by atoms with Gasteiger partial charge < -0.3 is 0 Å². The van der Waals surface area contributed by atoms with Gasteiger partial charge in [-0.25, -0.2) is 5.43 Å². The van der Waals surface area contributed by atoms with Gasteiger partial charge >= 0.3 is 0 Å². The highest BCUT2D eigenvalue weighted by Gasteiger charge is 2.14. The Labute approximate surface area is 74.2 Å². The molecule has 1 heterocycles. The fourth-order valence-electron chi connectivity index (χ4n) is 1.25. The molecule has 0 aromatic rings. The Morgan fingerprint density at radius 1 is 1.55 bits per heavy atom. The van der Waals surface area contributed by atoms with Gasteiger partial charge in [0.2, 0.25) is 0 Å². The molecular formula is C8H9BrN2. The van der Waals surface area contributed by atoms with Gasteiger partial charge in [0.1, 0.15) is 0 Å². The zero-order valence-electron chi connectivity index (χ0n) is 5.97. The van der Waals surface area contributed by atoms with Crippen LogP contribution in [0.3, 0.4) is 0 Å². The number of fused-ring (bicyclic) bond motifs is 1. The molecule has 2 aliphatic rings. The minimum Gasteiger partial charge on any atom is -0.253 e. The lowest BCUT2D eigenvalue weighted by Crippen LogP contribution is -2.44. The van der Waals surface area contributed by atoms with Crippen molar-refractivity contribution < 1.29 is 0 Å². The Kier molecular flexibility index (Phi) is 1.94. The van der Waals surface area contributed by atoms with E-state index in [4.69, 9.17) is 0 Å². The third-order valence-corrected chi connectivity index (χ3v) is 2.30. The van der Waals surface area contributed by atoms with Gasteiger partial charge in [-0.15, -0.1) is 0 Å². The van der Waals surface area contributed by atoms with Crippen LogP contribution in [0.4, 0.5) is 0 Å². The zero-order valence-corrected chi connectivity index (χ0v) is 7.56. The number of nitrogens with one attached hydrogen (secondary N) is 2. The summed E-state index contributed by atoms with van der Waals surface area (Å²) in [5.74, 6) is 0. The summed E-state index contributed by atoms with van der Waals surface area (Å²) in [5.41, 5.74) is 7.58. The van der Waals surface area contributed by atoms with Gasteiger partial charge in [0.15, 0.2) is 0 Å². The second-order valence-corrected chi connectivity index (χ2v) is 3.51. The van der Waals surface area contributed by atoms with Crippen LogP contribution in [0.5, 0.6) is 0 Å². The number of halogens is 1. The van der Waals surface area contributed by atoms with Gasteiger partial charge in [-0.3, -0.25) is 5.43 Å². The molecule has 0 bridgehead atoms. The molecule has 1 unspecified atom stereocenters. The van der Waals surface area contributed by atoms with Gasteiger partial charge in [-0.2, -0.15) is 0 Å². The molecule has 0 aromatic heterocycles. The summed E-state index contributed by atoms with van der Waals surface area (Å²) in [6.07, 6.45) is 8.51. The van der Waals surface area contributed by atoms with Crippen molar-refractivity contribution in [1.29, 1.82) is 0 Å². The molecule has 0 amide bonds. The monoisotopic (exact) mass is 212 g/mol. The first-order valence-corrected chi connectivity index (χ1v) is 4.39. The average molecular weight is 213 g/mol. The van der Waals surface area contributed by atoms with Gasteiger partial charge in [0, 0.05) is 11.0 Å². The van der Waals surface area contributed by atoms with E-state index in [2.05, 4.69) is 51.1 Å². The van der Waals surface area contributed by atoms with Gasteiger partial charge in [-0.05, 0) is 11.6 Å². The zero-order chi connectivity index (χ0) is 7.68. The van der Waals surface area contributed by atoms with Crippen LogP contribution in [0.1, 0.15) is 0 Å². The second kappa shape index (κ2) is 2.93.